The Hall–Kier alpha value is -3.00. The first-order chi connectivity index (χ1) is 17.5. The molecule has 1 atom stereocenters. The number of aromatic nitrogens is 4. The Morgan fingerprint density at radius 1 is 1.03 bits per heavy atom. The van der Waals surface area contributed by atoms with Crippen LogP contribution < -0.4 is 10.2 Å². The molecule has 2 aliphatic rings. The van der Waals surface area contributed by atoms with Gasteiger partial charge in [0.15, 0.2) is 5.82 Å². The van der Waals surface area contributed by atoms with Gasteiger partial charge in [0, 0.05) is 38.1 Å². The molecule has 0 aliphatic carbocycles. The Kier molecular flexibility index (Phi) is 7.51. The van der Waals surface area contributed by atoms with Crippen LogP contribution in [0, 0.1) is 19.8 Å². The largest absolute Gasteiger partial charge is 0.356 e. The molecule has 1 N–H and O–H groups in total. The van der Waals surface area contributed by atoms with Crippen LogP contribution in [0.1, 0.15) is 56.8 Å². The van der Waals surface area contributed by atoms with E-state index in [2.05, 4.69) is 51.3 Å². The highest BCUT2D eigenvalue weighted by atomic mass is 16.1. The number of aryl methyl sites for hydroxylation is 2. The molecule has 0 radical (unpaired) electrons. The molecule has 2 fully saturated rings. The summed E-state index contributed by atoms with van der Waals surface area (Å²) in [4.78, 5) is 17.6. The van der Waals surface area contributed by atoms with Crippen LogP contribution in [-0.4, -0.2) is 69.6 Å². The zero-order chi connectivity index (χ0) is 25.1. The number of benzene rings is 1. The van der Waals surface area contributed by atoms with Crippen molar-refractivity contribution in [2.45, 2.75) is 65.3 Å². The Labute approximate surface area is 214 Å². The molecule has 1 amide bonds. The van der Waals surface area contributed by atoms with E-state index in [9.17, 15) is 4.79 Å². The molecule has 0 unspecified atom stereocenters. The van der Waals surface area contributed by atoms with E-state index in [0.29, 0.717) is 6.04 Å². The SMILES string of the molecule is Cc1nnc(N2CCC(C(=O)NCCCN3CCCC[C@H]3C)CC2)c2nn(-c3ccccc3)c(C)c12. The molecule has 0 bridgehead atoms. The summed E-state index contributed by atoms with van der Waals surface area (Å²) in [6.45, 7) is 11.0. The highest BCUT2D eigenvalue weighted by molar-refractivity contribution is 5.92. The Morgan fingerprint density at radius 2 is 1.81 bits per heavy atom. The number of nitrogens with one attached hydrogen (secondary N) is 1. The van der Waals surface area contributed by atoms with Gasteiger partial charge in [0.05, 0.1) is 22.5 Å². The maximum atomic E-state index is 12.8. The van der Waals surface area contributed by atoms with E-state index >= 15 is 0 Å². The monoisotopic (exact) mass is 489 g/mol. The van der Waals surface area contributed by atoms with Gasteiger partial charge < -0.3 is 15.1 Å². The van der Waals surface area contributed by atoms with Crippen molar-refractivity contribution in [2.24, 2.45) is 5.92 Å². The molecule has 8 nitrogen and oxygen atoms in total. The molecule has 4 heterocycles. The van der Waals surface area contributed by atoms with Gasteiger partial charge in [0.2, 0.25) is 5.91 Å². The predicted molar refractivity (Wildman–Crippen MR) is 144 cm³/mol. The fraction of sp³-hybridized carbons (Fsp3) is 0.571. The number of carbonyl (C=O) groups excluding carboxylic acids is 1. The second kappa shape index (κ2) is 10.9. The van der Waals surface area contributed by atoms with Crippen molar-refractivity contribution in [1.82, 2.24) is 30.2 Å². The van der Waals surface area contributed by atoms with E-state index in [1.165, 1.54) is 25.8 Å². The number of para-hydroxylation sites is 1. The normalized spacial score (nSPS) is 19.6. The van der Waals surface area contributed by atoms with Gasteiger partial charge in [-0.05, 0) is 71.6 Å². The van der Waals surface area contributed by atoms with Gasteiger partial charge in [0.1, 0.15) is 5.52 Å². The van der Waals surface area contributed by atoms with E-state index in [1.54, 1.807) is 0 Å². The minimum atomic E-state index is 0.0627. The van der Waals surface area contributed by atoms with E-state index in [0.717, 1.165) is 79.2 Å². The van der Waals surface area contributed by atoms with E-state index in [-0.39, 0.29) is 11.8 Å². The molecule has 1 aromatic carbocycles. The van der Waals surface area contributed by atoms with Crippen molar-refractivity contribution in [3.05, 3.63) is 41.7 Å². The minimum absolute atomic E-state index is 0.0627. The third kappa shape index (κ3) is 5.09. The van der Waals surface area contributed by atoms with Gasteiger partial charge in [-0.25, -0.2) is 4.68 Å². The summed E-state index contributed by atoms with van der Waals surface area (Å²) >= 11 is 0. The zero-order valence-electron chi connectivity index (χ0n) is 21.9. The van der Waals surface area contributed by atoms with Crippen LogP contribution in [0.3, 0.4) is 0 Å². The first-order valence-corrected chi connectivity index (χ1v) is 13.6. The predicted octanol–water partition coefficient (Wildman–Crippen LogP) is 4.03. The van der Waals surface area contributed by atoms with Crippen molar-refractivity contribution in [1.29, 1.82) is 0 Å². The number of piperidine rings is 2. The average Bonchev–Trinajstić information content (AvgIpc) is 3.26. The number of likely N-dealkylation sites (tertiary alicyclic amines) is 1. The number of hydrogen-bond donors (Lipinski definition) is 1. The molecular weight excluding hydrogens is 450 g/mol. The number of carbonyl (C=O) groups is 1. The molecule has 2 aliphatic heterocycles. The average molecular weight is 490 g/mol. The topological polar surface area (TPSA) is 79.2 Å². The lowest BCUT2D eigenvalue weighted by atomic mass is 9.95. The zero-order valence-corrected chi connectivity index (χ0v) is 21.9. The fourth-order valence-corrected chi connectivity index (χ4v) is 5.83. The van der Waals surface area contributed by atoms with Crippen molar-refractivity contribution in [2.75, 3.05) is 37.6 Å². The quantitative estimate of drug-likeness (QED) is 0.505. The number of anilines is 1. The molecule has 5 rings (SSSR count). The summed E-state index contributed by atoms with van der Waals surface area (Å²) < 4.78 is 1.98. The minimum Gasteiger partial charge on any atom is -0.356 e. The van der Waals surface area contributed by atoms with E-state index in [4.69, 9.17) is 5.10 Å². The lowest BCUT2D eigenvalue weighted by molar-refractivity contribution is -0.125. The summed E-state index contributed by atoms with van der Waals surface area (Å²) in [6, 6.07) is 10.9. The Bertz CT molecular complexity index is 1180. The van der Waals surface area contributed by atoms with Gasteiger partial charge in [-0.2, -0.15) is 10.2 Å². The van der Waals surface area contributed by atoms with Gasteiger partial charge in [-0.1, -0.05) is 24.6 Å². The second-order valence-corrected chi connectivity index (χ2v) is 10.5. The summed E-state index contributed by atoms with van der Waals surface area (Å²) in [5, 5.41) is 18.2. The van der Waals surface area contributed by atoms with Crippen LogP contribution in [0.4, 0.5) is 5.82 Å². The van der Waals surface area contributed by atoms with Crippen molar-refractivity contribution in [3.63, 3.8) is 0 Å². The van der Waals surface area contributed by atoms with E-state index < -0.39 is 0 Å². The molecule has 0 spiro atoms. The van der Waals surface area contributed by atoms with Crippen molar-refractivity contribution < 1.29 is 4.79 Å². The van der Waals surface area contributed by atoms with Gasteiger partial charge in [-0.15, -0.1) is 5.10 Å². The maximum Gasteiger partial charge on any atom is 0.223 e. The second-order valence-electron chi connectivity index (χ2n) is 10.5. The molecule has 3 aromatic rings. The summed E-state index contributed by atoms with van der Waals surface area (Å²) in [7, 11) is 0. The molecule has 36 heavy (non-hydrogen) atoms. The van der Waals surface area contributed by atoms with Crippen molar-refractivity contribution >= 4 is 22.6 Å². The lowest BCUT2D eigenvalue weighted by Crippen LogP contribution is -2.42. The van der Waals surface area contributed by atoms with Crippen LogP contribution in [0.15, 0.2) is 30.3 Å². The number of nitrogens with zero attached hydrogens (tertiary/aromatic N) is 6. The fourth-order valence-electron chi connectivity index (χ4n) is 5.83. The summed E-state index contributed by atoms with van der Waals surface area (Å²) in [5.41, 5.74) is 3.88. The van der Waals surface area contributed by atoms with Gasteiger partial charge >= 0.3 is 0 Å². The maximum absolute atomic E-state index is 12.8. The smallest absolute Gasteiger partial charge is 0.223 e. The molecule has 2 saturated heterocycles. The van der Waals surface area contributed by atoms with Crippen LogP contribution in [0.25, 0.3) is 16.6 Å². The van der Waals surface area contributed by atoms with Gasteiger partial charge in [-0.3, -0.25) is 4.79 Å². The Balaban J connectivity index is 1.19. The first-order valence-electron chi connectivity index (χ1n) is 13.6. The number of amides is 1. The first kappa shape index (κ1) is 24.7. The van der Waals surface area contributed by atoms with Crippen LogP contribution in [0.5, 0.6) is 0 Å². The molecule has 0 saturated carbocycles. The van der Waals surface area contributed by atoms with Crippen molar-refractivity contribution in [3.8, 4) is 5.69 Å². The molecule has 8 heteroatoms. The van der Waals surface area contributed by atoms with E-state index in [1.807, 2.05) is 29.8 Å². The van der Waals surface area contributed by atoms with Gasteiger partial charge in [0.25, 0.3) is 0 Å². The summed E-state index contributed by atoms with van der Waals surface area (Å²) in [5.74, 6) is 1.08. The number of hydrogen-bond acceptors (Lipinski definition) is 6. The highest BCUT2D eigenvalue weighted by Crippen LogP contribution is 2.31. The lowest BCUT2D eigenvalue weighted by Gasteiger charge is -2.33. The molecular formula is C28H39N7O. The number of rotatable bonds is 7. The Morgan fingerprint density at radius 3 is 2.56 bits per heavy atom. The third-order valence-corrected chi connectivity index (χ3v) is 8.01. The third-order valence-electron chi connectivity index (χ3n) is 8.01. The highest BCUT2D eigenvalue weighted by Gasteiger charge is 2.28. The standard InChI is InChI=1S/C28H39N7O/c1-20-10-7-8-16-33(20)17-9-15-29-28(36)23-13-18-34(19-14-23)27-26-25(21(2)30-31-27)22(3)35(32-26)24-11-5-4-6-12-24/h4-6,11-12,20,23H,7-10,13-19H2,1-3H3,(H,29,36)/t20-/m1/s1. The summed E-state index contributed by atoms with van der Waals surface area (Å²) in [6.07, 6.45) is 6.62. The van der Waals surface area contributed by atoms with Crippen LogP contribution in [0.2, 0.25) is 0 Å². The van der Waals surface area contributed by atoms with Crippen LogP contribution >= 0.6 is 0 Å². The number of fused-ring (bicyclic) bond motifs is 1. The molecule has 2 aromatic heterocycles. The molecule has 192 valence electrons. The van der Waals surface area contributed by atoms with Crippen LogP contribution in [-0.2, 0) is 4.79 Å².